The van der Waals surface area contributed by atoms with E-state index in [1.165, 1.54) is 51.4 Å². The van der Waals surface area contributed by atoms with Gasteiger partial charge in [-0.15, -0.1) is 0 Å². The number of carbonyl (C=O) groups is 2. The SMILES string of the molecule is C[N+](C)(C)C[C@@H](CC(=O)O)OC(=O)C1CCCC2CC3CC4CC5CC6CC7CC8CC9CC%10CCCCC%10CC9CC8CC7CC6CC5CC4CC3CC21. The van der Waals surface area contributed by atoms with Crippen molar-refractivity contribution in [2.24, 2.45) is 112 Å². The Morgan fingerprint density at radius 1 is 0.473 bits per heavy atom. The van der Waals surface area contributed by atoms with E-state index >= 15 is 0 Å². The van der Waals surface area contributed by atoms with Crippen molar-refractivity contribution in [3.05, 3.63) is 0 Å². The van der Waals surface area contributed by atoms with E-state index in [0.717, 1.165) is 108 Å². The first-order chi connectivity index (χ1) is 26.5. The van der Waals surface area contributed by atoms with Crippen molar-refractivity contribution in [3.63, 3.8) is 0 Å². The molecular formula is C50H80NO4+. The molecular weight excluding hydrogens is 679 g/mol. The number of esters is 1. The van der Waals surface area contributed by atoms with Gasteiger partial charge in [0.15, 0.2) is 6.10 Å². The van der Waals surface area contributed by atoms with Gasteiger partial charge in [0.05, 0.1) is 33.5 Å². The standard InChI is InChI=1S/C50H79NO4/c1-51(2,3)28-46(27-49(52)53)55-50(54)47-10-6-9-31-13-34-16-37-19-40-22-41-20-38-17-35-14-32-11-29-7-4-5-8-30(29)12-33(32)15-36(35)18-39(38)21-42(41)23-43(40)24-44(37)25-45(34)26-48(31)47/h29-48H,4-28H2,1-3H3/p+1/t29?,30?,31?,32?,33?,34?,35?,36?,37?,38?,39?,40?,41?,42?,43?,44?,45?,46-,47?,48?/m1/s1. The summed E-state index contributed by atoms with van der Waals surface area (Å²) in [5.41, 5.74) is 0. The van der Waals surface area contributed by atoms with Crippen molar-refractivity contribution >= 4 is 11.9 Å². The maximum atomic E-state index is 13.8. The second kappa shape index (κ2) is 15.2. The number of carboxylic acid groups (broad SMARTS) is 1. The molecule has 0 saturated heterocycles. The number of carbonyl (C=O) groups excluding carboxylic acids is 1. The van der Waals surface area contributed by atoms with Gasteiger partial charge in [-0.3, -0.25) is 9.59 Å². The van der Waals surface area contributed by atoms with Gasteiger partial charge in [-0.25, -0.2) is 0 Å². The Labute approximate surface area is 335 Å². The molecule has 20 atom stereocenters. The van der Waals surface area contributed by atoms with Crippen molar-refractivity contribution in [1.29, 1.82) is 0 Å². The van der Waals surface area contributed by atoms with Gasteiger partial charge in [-0.2, -0.15) is 0 Å². The lowest BCUT2D eigenvalue weighted by Crippen LogP contribution is -2.50. The summed E-state index contributed by atoms with van der Waals surface area (Å²) < 4.78 is 6.71. The van der Waals surface area contributed by atoms with Crippen molar-refractivity contribution in [3.8, 4) is 0 Å². The lowest BCUT2D eigenvalue weighted by Gasteiger charge is -2.58. The fourth-order valence-corrected chi connectivity index (χ4v) is 18.3. The molecule has 10 saturated carbocycles. The van der Waals surface area contributed by atoms with Gasteiger partial charge < -0.3 is 14.3 Å². The highest BCUT2D eigenvalue weighted by molar-refractivity contribution is 5.74. The van der Waals surface area contributed by atoms with Crippen molar-refractivity contribution in [2.75, 3.05) is 27.7 Å². The number of ether oxygens (including phenoxy) is 1. The number of rotatable bonds is 6. The average molecular weight is 759 g/mol. The maximum absolute atomic E-state index is 13.8. The van der Waals surface area contributed by atoms with Crippen LogP contribution in [0.3, 0.4) is 0 Å². The van der Waals surface area contributed by atoms with Crippen LogP contribution < -0.4 is 0 Å². The minimum atomic E-state index is -0.874. The van der Waals surface area contributed by atoms with Gasteiger partial charge in [0.25, 0.3) is 0 Å². The average Bonchev–Trinajstić information content (AvgIpc) is 3.13. The second-order valence-electron chi connectivity index (χ2n) is 24.3. The highest BCUT2D eigenvalue weighted by Crippen LogP contribution is 2.64. The van der Waals surface area contributed by atoms with Crippen LogP contribution in [0.15, 0.2) is 0 Å². The van der Waals surface area contributed by atoms with Crippen LogP contribution >= 0.6 is 0 Å². The molecule has 1 N–H and O–H groups in total. The number of nitrogens with zero attached hydrogens (tertiary/aromatic N) is 1. The number of quaternary nitrogens is 1. The van der Waals surface area contributed by atoms with Crippen molar-refractivity contribution in [1.82, 2.24) is 0 Å². The number of hydrogen-bond donors (Lipinski definition) is 1. The zero-order valence-electron chi connectivity index (χ0n) is 35.3. The first kappa shape index (κ1) is 38.1. The number of fused-ring (bicyclic) bond motifs is 9. The highest BCUT2D eigenvalue weighted by Gasteiger charge is 2.54. The summed E-state index contributed by atoms with van der Waals surface area (Å²) in [5, 5.41) is 9.59. The zero-order valence-corrected chi connectivity index (χ0v) is 35.3. The quantitative estimate of drug-likeness (QED) is 0.216. The Bertz CT molecular complexity index is 1400. The molecule has 19 unspecified atom stereocenters. The Morgan fingerprint density at radius 2 is 0.800 bits per heavy atom. The van der Waals surface area contributed by atoms with Crippen molar-refractivity contribution in [2.45, 2.75) is 160 Å². The van der Waals surface area contributed by atoms with E-state index in [0.29, 0.717) is 22.9 Å². The molecule has 0 heterocycles. The molecule has 0 aromatic rings. The molecule has 0 spiro atoms. The summed E-state index contributed by atoms with van der Waals surface area (Å²) in [6, 6.07) is 0. The second-order valence-corrected chi connectivity index (χ2v) is 24.3. The molecule has 55 heavy (non-hydrogen) atoms. The minimum Gasteiger partial charge on any atom is -0.481 e. The van der Waals surface area contributed by atoms with E-state index in [4.69, 9.17) is 4.74 Å². The number of aliphatic carboxylic acids is 1. The van der Waals surface area contributed by atoms with Gasteiger partial charge in [0, 0.05) is 0 Å². The molecule has 308 valence electrons. The molecule has 5 heteroatoms. The fourth-order valence-electron chi connectivity index (χ4n) is 18.3. The molecule has 0 radical (unpaired) electrons. The number of hydrogen-bond acceptors (Lipinski definition) is 3. The Balaban J connectivity index is 0.753. The van der Waals surface area contributed by atoms with Crippen LogP contribution in [0, 0.1) is 112 Å². The zero-order chi connectivity index (χ0) is 37.6. The third-order valence-corrected chi connectivity index (χ3v) is 20.3. The van der Waals surface area contributed by atoms with E-state index in [1.54, 1.807) is 83.5 Å². The molecule has 10 aliphatic carbocycles. The van der Waals surface area contributed by atoms with Gasteiger partial charge in [-0.05, 0) is 216 Å². The summed E-state index contributed by atoms with van der Waals surface area (Å²) >= 11 is 0. The predicted octanol–water partition coefficient (Wildman–Crippen LogP) is 10.9. The molecule has 0 aromatic carbocycles. The predicted molar refractivity (Wildman–Crippen MR) is 218 cm³/mol. The molecule has 10 rings (SSSR count). The summed E-state index contributed by atoms with van der Waals surface area (Å²) in [7, 11) is 6.15. The minimum absolute atomic E-state index is 0.0284. The molecule has 0 amide bonds. The highest BCUT2D eigenvalue weighted by atomic mass is 16.5. The Kier molecular flexibility index (Phi) is 10.5. The number of carboxylic acids is 1. The van der Waals surface area contributed by atoms with Gasteiger partial charge in [0.1, 0.15) is 6.54 Å². The van der Waals surface area contributed by atoms with E-state index in [2.05, 4.69) is 21.1 Å². The smallest absolute Gasteiger partial charge is 0.309 e. The van der Waals surface area contributed by atoms with E-state index in [-0.39, 0.29) is 18.3 Å². The first-order valence-electron chi connectivity index (χ1n) is 24.7. The summed E-state index contributed by atoms with van der Waals surface area (Å²) in [5.74, 6) is 16.5. The van der Waals surface area contributed by atoms with Crippen LogP contribution in [-0.4, -0.2) is 55.3 Å². The van der Waals surface area contributed by atoms with Gasteiger partial charge in [0.2, 0.25) is 0 Å². The lowest BCUT2D eigenvalue weighted by atomic mass is 9.47. The topological polar surface area (TPSA) is 63.6 Å². The van der Waals surface area contributed by atoms with Crippen LogP contribution in [0.1, 0.15) is 154 Å². The van der Waals surface area contributed by atoms with E-state index in [1.807, 2.05) is 0 Å². The van der Waals surface area contributed by atoms with E-state index in [9.17, 15) is 14.7 Å². The number of likely N-dealkylation sites (N-methyl/N-ethyl adjacent to an activating group) is 1. The van der Waals surface area contributed by atoms with E-state index < -0.39 is 12.1 Å². The van der Waals surface area contributed by atoms with Gasteiger partial charge >= 0.3 is 11.9 Å². The Hall–Kier alpha value is -1.10. The third kappa shape index (κ3) is 7.76. The monoisotopic (exact) mass is 759 g/mol. The summed E-state index contributed by atoms with van der Waals surface area (Å²) in [6.45, 7) is 0.542. The normalized spacial score (nSPS) is 50.7. The fraction of sp³-hybridized carbons (Fsp3) is 0.960. The maximum Gasteiger partial charge on any atom is 0.309 e. The van der Waals surface area contributed by atoms with Gasteiger partial charge in [-0.1, -0.05) is 38.5 Å². The lowest BCUT2D eigenvalue weighted by molar-refractivity contribution is -0.873. The van der Waals surface area contributed by atoms with Crippen LogP contribution in [0.25, 0.3) is 0 Å². The van der Waals surface area contributed by atoms with Crippen LogP contribution in [0.2, 0.25) is 0 Å². The van der Waals surface area contributed by atoms with Crippen LogP contribution in [-0.2, 0) is 14.3 Å². The first-order valence-corrected chi connectivity index (χ1v) is 24.7. The molecule has 10 aliphatic rings. The summed E-state index contributed by atoms with van der Waals surface area (Å²) in [4.78, 5) is 25.5. The molecule has 0 bridgehead atoms. The van der Waals surface area contributed by atoms with Crippen LogP contribution in [0.5, 0.6) is 0 Å². The molecule has 10 fully saturated rings. The third-order valence-electron chi connectivity index (χ3n) is 20.3. The summed E-state index contributed by atoms with van der Waals surface area (Å²) in [6.07, 6.45) is 33.5. The van der Waals surface area contributed by atoms with Crippen LogP contribution in [0.4, 0.5) is 0 Å². The largest absolute Gasteiger partial charge is 0.481 e. The van der Waals surface area contributed by atoms with Crippen molar-refractivity contribution < 1.29 is 23.9 Å². The molecule has 0 aromatic heterocycles. The molecule has 0 aliphatic heterocycles. The molecule has 5 nitrogen and oxygen atoms in total. The Morgan fingerprint density at radius 3 is 1.16 bits per heavy atom.